The van der Waals surface area contributed by atoms with Crippen LogP contribution in [0.2, 0.25) is 0 Å². The first-order valence-electron chi connectivity index (χ1n) is 11.7. The number of fused-ring (bicyclic) bond motifs is 6. The van der Waals surface area contributed by atoms with Gasteiger partial charge in [0.05, 0.1) is 11.0 Å². The van der Waals surface area contributed by atoms with Gasteiger partial charge in [-0.3, -0.25) is 0 Å². The van der Waals surface area contributed by atoms with E-state index in [0.717, 1.165) is 25.7 Å². The standard InChI is InChI=1S/C28H32N2/c1-5-19(6-2)29-25-15-11-9-13-21(25)23-18-28-24(17-27(23)29)22-14-10-12-16-26(22)30(28)20(7-3)8-4/h9-20H,5-8H2,1-4H3. The Morgan fingerprint density at radius 3 is 1.23 bits per heavy atom. The minimum Gasteiger partial charge on any atom is -0.337 e. The van der Waals surface area contributed by atoms with Crippen LogP contribution in [-0.4, -0.2) is 9.13 Å². The van der Waals surface area contributed by atoms with Crippen LogP contribution in [0.25, 0.3) is 43.6 Å². The van der Waals surface area contributed by atoms with Gasteiger partial charge < -0.3 is 9.13 Å². The number of rotatable bonds is 6. The van der Waals surface area contributed by atoms with Crippen LogP contribution in [0.5, 0.6) is 0 Å². The van der Waals surface area contributed by atoms with Crippen LogP contribution in [-0.2, 0) is 0 Å². The van der Waals surface area contributed by atoms with Crippen LogP contribution < -0.4 is 0 Å². The molecule has 0 fully saturated rings. The molecule has 0 saturated carbocycles. The van der Waals surface area contributed by atoms with Gasteiger partial charge in [-0.1, -0.05) is 64.1 Å². The number of nitrogens with zero attached hydrogens (tertiary/aromatic N) is 2. The fourth-order valence-corrected chi connectivity index (χ4v) is 5.58. The first-order chi connectivity index (χ1) is 14.7. The molecule has 0 spiro atoms. The van der Waals surface area contributed by atoms with E-state index in [2.05, 4.69) is 97.5 Å². The van der Waals surface area contributed by atoms with E-state index in [9.17, 15) is 0 Å². The number of para-hydroxylation sites is 2. The Balaban J connectivity index is 1.98. The second-order valence-corrected chi connectivity index (χ2v) is 8.60. The van der Waals surface area contributed by atoms with E-state index in [1.165, 1.54) is 43.6 Å². The molecule has 0 N–H and O–H groups in total. The molecule has 2 heterocycles. The van der Waals surface area contributed by atoms with Crippen LogP contribution in [0.4, 0.5) is 0 Å². The predicted molar refractivity (Wildman–Crippen MR) is 132 cm³/mol. The molecule has 2 aromatic heterocycles. The zero-order valence-electron chi connectivity index (χ0n) is 18.7. The molecule has 0 atom stereocenters. The van der Waals surface area contributed by atoms with E-state index in [1.54, 1.807) is 0 Å². The molecule has 0 aliphatic carbocycles. The first-order valence-corrected chi connectivity index (χ1v) is 11.7. The van der Waals surface area contributed by atoms with Crippen LogP contribution in [0.15, 0.2) is 60.7 Å². The Morgan fingerprint density at radius 2 is 0.867 bits per heavy atom. The van der Waals surface area contributed by atoms with Gasteiger partial charge in [0.2, 0.25) is 0 Å². The SMILES string of the molecule is CCC(CC)n1c2ccccc2c2cc3c(cc21)c1ccccc1n3C(CC)CC. The normalized spacial score (nSPS) is 12.5. The summed E-state index contributed by atoms with van der Waals surface area (Å²) in [5, 5.41) is 5.53. The molecule has 0 radical (unpaired) electrons. The molecule has 0 aliphatic heterocycles. The van der Waals surface area contributed by atoms with Gasteiger partial charge in [0.25, 0.3) is 0 Å². The predicted octanol–water partition coefficient (Wildman–Crippen LogP) is 8.62. The minimum absolute atomic E-state index is 0.525. The zero-order valence-corrected chi connectivity index (χ0v) is 18.7. The van der Waals surface area contributed by atoms with Gasteiger partial charge in [0.15, 0.2) is 0 Å². The highest BCUT2D eigenvalue weighted by Crippen LogP contribution is 2.40. The molecule has 2 nitrogen and oxygen atoms in total. The number of hydrogen-bond acceptors (Lipinski definition) is 0. The van der Waals surface area contributed by atoms with Crippen molar-refractivity contribution < 1.29 is 0 Å². The second kappa shape index (κ2) is 7.50. The van der Waals surface area contributed by atoms with Crippen LogP contribution in [0.3, 0.4) is 0 Å². The second-order valence-electron chi connectivity index (χ2n) is 8.60. The third-order valence-electron chi connectivity index (χ3n) is 7.16. The van der Waals surface area contributed by atoms with Crippen molar-refractivity contribution >= 4 is 43.6 Å². The number of hydrogen-bond donors (Lipinski definition) is 0. The van der Waals surface area contributed by atoms with Crippen molar-refractivity contribution in [3.8, 4) is 0 Å². The Hall–Kier alpha value is -2.74. The topological polar surface area (TPSA) is 9.86 Å². The molecular formula is C28H32N2. The molecule has 0 unspecified atom stereocenters. The van der Waals surface area contributed by atoms with Crippen molar-refractivity contribution in [2.75, 3.05) is 0 Å². The average Bonchev–Trinajstić information content (AvgIpc) is 3.28. The average molecular weight is 397 g/mol. The summed E-state index contributed by atoms with van der Waals surface area (Å²) in [7, 11) is 0. The zero-order chi connectivity index (χ0) is 20.8. The first kappa shape index (κ1) is 19.2. The summed E-state index contributed by atoms with van der Waals surface area (Å²) in [6, 6.07) is 23.9. The fraction of sp³-hybridized carbons (Fsp3) is 0.357. The maximum absolute atomic E-state index is 2.60. The van der Waals surface area contributed by atoms with Crippen molar-refractivity contribution in [2.45, 2.75) is 65.5 Å². The van der Waals surface area contributed by atoms with E-state index < -0.39 is 0 Å². The lowest BCUT2D eigenvalue weighted by Gasteiger charge is -2.19. The highest BCUT2D eigenvalue weighted by molar-refractivity contribution is 6.18. The molecule has 0 saturated heterocycles. The quantitative estimate of drug-likeness (QED) is 0.272. The lowest BCUT2D eigenvalue weighted by Crippen LogP contribution is -2.07. The minimum atomic E-state index is 0.525. The summed E-state index contributed by atoms with van der Waals surface area (Å²) in [6.07, 6.45) is 4.60. The highest BCUT2D eigenvalue weighted by atomic mass is 15.0. The van der Waals surface area contributed by atoms with Crippen LogP contribution >= 0.6 is 0 Å². The third kappa shape index (κ3) is 2.62. The maximum Gasteiger partial charge on any atom is 0.0501 e. The number of aromatic nitrogens is 2. The van der Waals surface area contributed by atoms with E-state index >= 15 is 0 Å². The van der Waals surface area contributed by atoms with E-state index in [4.69, 9.17) is 0 Å². The largest absolute Gasteiger partial charge is 0.337 e. The van der Waals surface area contributed by atoms with Gasteiger partial charge >= 0.3 is 0 Å². The maximum atomic E-state index is 2.60. The fourth-order valence-electron chi connectivity index (χ4n) is 5.58. The summed E-state index contributed by atoms with van der Waals surface area (Å²) in [5.41, 5.74) is 5.49. The van der Waals surface area contributed by atoms with Gasteiger partial charge in [-0.05, 0) is 49.9 Å². The smallest absolute Gasteiger partial charge is 0.0501 e. The van der Waals surface area contributed by atoms with E-state index in [0.29, 0.717) is 12.1 Å². The molecule has 0 aliphatic rings. The molecule has 2 heteroatoms. The third-order valence-corrected chi connectivity index (χ3v) is 7.16. The van der Waals surface area contributed by atoms with Crippen molar-refractivity contribution in [3.63, 3.8) is 0 Å². The summed E-state index contributed by atoms with van der Waals surface area (Å²) in [4.78, 5) is 0. The summed E-state index contributed by atoms with van der Waals surface area (Å²) in [5.74, 6) is 0. The lowest BCUT2D eigenvalue weighted by atomic mass is 10.1. The monoisotopic (exact) mass is 396 g/mol. The molecule has 0 bridgehead atoms. The van der Waals surface area contributed by atoms with Crippen molar-refractivity contribution in [3.05, 3.63) is 60.7 Å². The van der Waals surface area contributed by atoms with Gasteiger partial charge in [-0.15, -0.1) is 0 Å². The molecule has 0 amide bonds. The Labute approximate surface area is 179 Å². The van der Waals surface area contributed by atoms with Gasteiger partial charge in [0, 0.05) is 44.7 Å². The van der Waals surface area contributed by atoms with Crippen molar-refractivity contribution in [1.82, 2.24) is 9.13 Å². The molecule has 3 aromatic carbocycles. The van der Waals surface area contributed by atoms with Crippen LogP contribution in [0.1, 0.15) is 65.5 Å². The van der Waals surface area contributed by atoms with Crippen LogP contribution in [0, 0.1) is 0 Å². The molecule has 5 aromatic rings. The van der Waals surface area contributed by atoms with Crippen molar-refractivity contribution in [2.24, 2.45) is 0 Å². The molecular weight excluding hydrogens is 364 g/mol. The summed E-state index contributed by atoms with van der Waals surface area (Å²) < 4.78 is 5.21. The van der Waals surface area contributed by atoms with Gasteiger partial charge in [-0.2, -0.15) is 0 Å². The molecule has 5 rings (SSSR count). The lowest BCUT2D eigenvalue weighted by molar-refractivity contribution is 0.497. The van der Waals surface area contributed by atoms with Gasteiger partial charge in [0.1, 0.15) is 0 Å². The van der Waals surface area contributed by atoms with E-state index in [1.807, 2.05) is 0 Å². The Morgan fingerprint density at radius 1 is 0.500 bits per heavy atom. The van der Waals surface area contributed by atoms with Gasteiger partial charge in [-0.25, -0.2) is 0 Å². The Bertz CT molecular complexity index is 1240. The molecule has 30 heavy (non-hydrogen) atoms. The summed E-state index contributed by atoms with van der Waals surface area (Å²) in [6.45, 7) is 9.25. The molecule has 154 valence electrons. The van der Waals surface area contributed by atoms with E-state index in [-0.39, 0.29) is 0 Å². The Kier molecular flexibility index (Phi) is 4.81. The highest BCUT2D eigenvalue weighted by Gasteiger charge is 2.21. The summed E-state index contributed by atoms with van der Waals surface area (Å²) >= 11 is 0. The van der Waals surface area contributed by atoms with Crippen molar-refractivity contribution in [1.29, 1.82) is 0 Å². The number of benzene rings is 3.